The van der Waals surface area contributed by atoms with Crippen molar-refractivity contribution >= 4 is 5.91 Å². The summed E-state index contributed by atoms with van der Waals surface area (Å²) >= 11 is 0. The minimum atomic E-state index is -0.0733. The molecule has 1 aliphatic heterocycles. The first-order valence-corrected chi connectivity index (χ1v) is 9.00. The maximum atomic E-state index is 12.7. The highest BCUT2D eigenvalue weighted by atomic mass is 16.1. The highest BCUT2D eigenvalue weighted by molar-refractivity contribution is 5.97. The molecule has 136 valence electrons. The van der Waals surface area contributed by atoms with Gasteiger partial charge in [0.1, 0.15) is 11.4 Å². The van der Waals surface area contributed by atoms with Crippen LogP contribution in [0.3, 0.4) is 0 Å². The zero-order chi connectivity index (χ0) is 17.8. The van der Waals surface area contributed by atoms with Crippen LogP contribution in [0.2, 0.25) is 0 Å². The topological polar surface area (TPSA) is 58.3 Å². The fraction of sp³-hybridized carbons (Fsp3) is 0.556. The van der Waals surface area contributed by atoms with Gasteiger partial charge in [-0.05, 0) is 25.6 Å². The predicted octanol–water partition coefficient (Wildman–Crippen LogP) is 0.967. The fourth-order valence-electron chi connectivity index (χ4n) is 3.36. The first-order valence-electron chi connectivity index (χ1n) is 9.00. The first-order chi connectivity index (χ1) is 12.1. The summed E-state index contributed by atoms with van der Waals surface area (Å²) in [6.07, 6.45) is 5.47. The van der Waals surface area contributed by atoms with Gasteiger partial charge in [0.2, 0.25) is 0 Å². The zero-order valence-electron chi connectivity index (χ0n) is 15.4. The van der Waals surface area contributed by atoms with Gasteiger partial charge in [-0.25, -0.2) is 0 Å². The third-order valence-electron chi connectivity index (χ3n) is 5.04. The second kappa shape index (κ2) is 7.84. The van der Waals surface area contributed by atoms with Crippen LogP contribution in [0, 0.1) is 0 Å². The normalized spacial score (nSPS) is 17.6. The van der Waals surface area contributed by atoms with E-state index in [-0.39, 0.29) is 5.91 Å². The van der Waals surface area contributed by atoms with Crippen LogP contribution in [0.5, 0.6) is 0 Å². The standard InChI is InChI=1S/C18H28N6O/c1-4-22-9-11-23(12-10-22)15(2)13-19-17(25)16-14-20-21(3)18(16)24-7-5-6-8-24/h5-8,14-15H,4,9-13H2,1-3H3,(H,19,25). The average Bonchev–Trinajstić information content (AvgIpc) is 3.28. The Bertz CT molecular complexity index is 684. The smallest absolute Gasteiger partial charge is 0.256 e. The molecule has 0 spiro atoms. The molecule has 1 N–H and O–H groups in total. The van der Waals surface area contributed by atoms with E-state index in [1.807, 2.05) is 36.1 Å². The van der Waals surface area contributed by atoms with Gasteiger partial charge < -0.3 is 14.8 Å². The van der Waals surface area contributed by atoms with Gasteiger partial charge >= 0.3 is 0 Å². The zero-order valence-corrected chi connectivity index (χ0v) is 15.4. The molecule has 1 saturated heterocycles. The van der Waals surface area contributed by atoms with Gasteiger partial charge in [-0.1, -0.05) is 6.92 Å². The lowest BCUT2D eigenvalue weighted by Gasteiger charge is -2.37. The second-order valence-electron chi connectivity index (χ2n) is 6.63. The lowest BCUT2D eigenvalue weighted by molar-refractivity contribution is 0.0882. The van der Waals surface area contributed by atoms with E-state index >= 15 is 0 Å². The van der Waals surface area contributed by atoms with Crippen LogP contribution in [0.15, 0.2) is 30.7 Å². The largest absolute Gasteiger partial charge is 0.350 e. The molecule has 2 aromatic heterocycles. The van der Waals surface area contributed by atoms with E-state index in [4.69, 9.17) is 0 Å². The number of piperazine rings is 1. The van der Waals surface area contributed by atoms with Gasteiger partial charge in [0.15, 0.2) is 0 Å². The number of hydrogen-bond donors (Lipinski definition) is 1. The predicted molar refractivity (Wildman–Crippen MR) is 98.0 cm³/mol. The minimum Gasteiger partial charge on any atom is -0.350 e. The molecule has 1 unspecified atom stereocenters. The molecule has 1 aliphatic rings. The highest BCUT2D eigenvalue weighted by Gasteiger charge is 2.22. The summed E-state index contributed by atoms with van der Waals surface area (Å²) in [5.74, 6) is 0.711. The van der Waals surface area contributed by atoms with Crippen LogP contribution < -0.4 is 5.32 Å². The highest BCUT2D eigenvalue weighted by Crippen LogP contribution is 2.14. The van der Waals surface area contributed by atoms with Crippen molar-refractivity contribution < 1.29 is 4.79 Å². The number of carbonyl (C=O) groups is 1. The number of nitrogens with one attached hydrogen (secondary N) is 1. The lowest BCUT2D eigenvalue weighted by Crippen LogP contribution is -2.52. The van der Waals surface area contributed by atoms with Gasteiger partial charge in [-0.2, -0.15) is 5.10 Å². The van der Waals surface area contributed by atoms with E-state index in [0.29, 0.717) is 18.2 Å². The summed E-state index contributed by atoms with van der Waals surface area (Å²) < 4.78 is 3.64. The minimum absolute atomic E-state index is 0.0733. The molecule has 1 fully saturated rings. The van der Waals surface area contributed by atoms with Gasteiger partial charge in [0.05, 0.1) is 6.20 Å². The van der Waals surface area contributed by atoms with E-state index in [1.165, 1.54) is 0 Å². The molecule has 0 bridgehead atoms. The van der Waals surface area contributed by atoms with Crippen LogP contribution in [-0.2, 0) is 7.05 Å². The number of aromatic nitrogens is 3. The number of carbonyl (C=O) groups excluding carboxylic acids is 1. The monoisotopic (exact) mass is 344 g/mol. The van der Waals surface area contributed by atoms with Crippen LogP contribution in [0.25, 0.3) is 5.82 Å². The van der Waals surface area contributed by atoms with Crippen molar-refractivity contribution in [1.82, 2.24) is 29.5 Å². The van der Waals surface area contributed by atoms with E-state index in [2.05, 4.69) is 34.1 Å². The van der Waals surface area contributed by atoms with Crippen LogP contribution in [0.4, 0.5) is 0 Å². The SMILES string of the molecule is CCN1CCN(C(C)CNC(=O)c2cnn(C)c2-n2cccc2)CC1. The Kier molecular flexibility index (Phi) is 5.55. The van der Waals surface area contributed by atoms with Gasteiger partial charge in [-0.3, -0.25) is 14.4 Å². The molecule has 0 saturated carbocycles. The van der Waals surface area contributed by atoms with Crippen molar-refractivity contribution in [3.8, 4) is 5.82 Å². The molecule has 0 aliphatic carbocycles. The summed E-state index contributed by atoms with van der Waals surface area (Å²) in [6.45, 7) is 10.5. The fourth-order valence-corrected chi connectivity index (χ4v) is 3.36. The van der Waals surface area contributed by atoms with E-state index in [1.54, 1.807) is 10.9 Å². The number of rotatable bonds is 6. The number of aryl methyl sites for hydroxylation is 1. The Balaban J connectivity index is 1.58. The third-order valence-corrected chi connectivity index (χ3v) is 5.04. The van der Waals surface area contributed by atoms with Crippen molar-refractivity contribution in [2.45, 2.75) is 19.9 Å². The molecular formula is C18H28N6O. The quantitative estimate of drug-likeness (QED) is 0.848. The van der Waals surface area contributed by atoms with E-state index < -0.39 is 0 Å². The molecule has 7 heteroatoms. The Labute approximate surface area is 149 Å². The Morgan fingerprint density at radius 3 is 2.56 bits per heavy atom. The number of nitrogens with zero attached hydrogens (tertiary/aromatic N) is 5. The van der Waals surface area contributed by atoms with Crippen molar-refractivity contribution in [2.75, 3.05) is 39.3 Å². The molecule has 3 rings (SSSR count). The van der Waals surface area contributed by atoms with Gasteiger partial charge in [-0.15, -0.1) is 0 Å². The molecule has 0 radical (unpaired) electrons. The van der Waals surface area contributed by atoms with E-state index in [0.717, 1.165) is 38.5 Å². The Hall–Kier alpha value is -2.12. The molecular weight excluding hydrogens is 316 g/mol. The number of amides is 1. The molecule has 0 aromatic carbocycles. The Morgan fingerprint density at radius 2 is 1.92 bits per heavy atom. The third kappa shape index (κ3) is 3.93. The number of hydrogen-bond acceptors (Lipinski definition) is 4. The maximum Gasteiger partial charge on any atom is 0.256 e. The molecule has 7 nitrogen and oxygen atoms in total. The van der Waals surface area contributed by atoms with Crippen LogP contribution in [0.1, 0.15) is 24.2 Å². The molecule has 1 atom stereocenters. The molecule has 1 amide bonds. The van der Waals surface area contributed by atoms with Crippen molar-refractivity contribution in [3.05, 3.63) is 36.3 Å². The second-order valence-corrected chi connectivity index (χ2v) is 6.63. The summed E-state index contributed by atoms with van der Waals surface area (Å²) in [7, 11) is 1.85. The first kappa shape index (κ1) is 17.7. The molecule has 3 heterocycles. The van der Waals surface area contributed by atoms with E-state index in [9.17, 15) is 4.79 Å². The van der Waals surface area contributed by atoms with Gasteiger partial charge in [0, 0.05) is 58.2 Å². The summed E-state index contributed by atoms with van der Waals surface area (Å²) in [6, 6.07) is 4.20. The lowest BCUT2D eigenvalue weighted by atomic mass is 10.2. The van der Waals surface area contributed by atoms with Crippen molar-refractivity contribution in [1.29, 1.82) is 0 Å². The van der Waals surface area contributed by atoms with Crippen molar-refractivity contribution in [2.24, 2.45) is 7.05 Å². The Morgan fingerprint density at radius 1 is 1.24 bits per heavy atom. The molecule has 2 aromatic rings. The summed E-state index contributed by atoms with van der Waals surface area (Å²) in [5.41, 5.74) is 0.599. The maximum absolute atomic E-state index is 12.7. The number of likely N-dealkylation sites (N-methyl/N-ethyl adjacent to an activating group) is 1. The van der Waals surface area contributed by atoms with Crippen molar-refractivity contribution in [3.63, 3.8) is 0 Å². The summed E-state index contributed by atoms with van der Waals surface area (Å²) in [5, 5.41) is 7.32. The van der Waals surface area contributed by atoms with Crippen LogP contribution >= 0.6 is 0 Å². The average molecular weight is 344 g/mol. The molecule has 25 heavy (non-hydrogen) atoms. The summed E-state index contributed by atoms with van der Waals surface area (Å²) in [4.78, 5) is 17.6. The van der Waals surface area contributed by atoms with Crippen LogP contribution in [-0.4, -0.2) is 75.4 Å². The van der Waals surface area contributed by atoms with Gasteiger partial charge in [0.25, 0.3) is 5.91 Å².